The van der Waals surface area contributed by atoms with Crippen LogP contribution in [0, 0.1) is 6.07 Å². The van der Waals surface area contributed by atoms with E-state index >= 15 is 0 Å². The minimum atomic E-state index is -3.36. The third kappa shape index (κ3) is 3.52. The van der Waals surface area contributed by atoms with Crippen LogP contribution < -0.4 is 4.72 Å². The zero-order valence-electron chi connectivity index (χ0n) is 9.72. The lowest BCUT2D eigenvalue weighted by Crippen LogP contribution is -2.33. The largest absolute Gasteiger partial charge is 0.302 e. The molecule has 1 fully saturated rings. The third-order valence-electron chi connectivity index (χ3n) is 2.91. The molecule has 0 unspecified atom stereocenters. The fourth-order valence-electron chi connectivity index (χ4n) is 1.97. The zero-order chi connectivity index (χ0) is 12.1. The average molecular weight is 253 g/mol. The van der Waals surface area contributed by atoms with Gasteiger partial charge in [-0.3, -0.25) is 0 Å². The van der Waals surface area contributed by atoms with Gasteiger partial charge in [-0.2, -0.15) is 0 Å². The van der Waals surface area contributed by atoms with E-state index in [1.165, 1.54) is 18.9 Å². The van der Waals surface area contributed by atoms with E-state index in [9.17, 15) is 8.42 Å². The molecule has 17 heavy (non-hydrogen) atoms. The van der Waals surface area contributed by atoms with Crippen LogP contribution in [0.4, 0.5) is 0 Å². The number of sulfonamides is 1. The number of benzene rings is 1. The molecule has 0 spiro atoms. The van der Waals surface area contributed by atoms with Gasteiger partial charge in [0.1, 0.15) is 0 Å². The van der Waals surface area contributed by atoms with E-state index in [1.54, 1.807) is 18.2 Å². The van der Waals surface area contributed by atoms with Crippen molar-refractivity contribution >= 4 is 10.0 Å². The highest BCUT2D eigenvalue weighted by atomic mass is 32.2. The molecule has 0 amide bonds. The molecule has 1 heterocycles. The molecule has 2 rings (SSSR count). The first-order valence-corrected chi connectivity index (χ1v) is 7.35. The summed E-state index contributed by atoms with van der Waals surface area (Å²) in [7, 11) is -3.36. The van der Waals surface area contributed by atoms with Crippen molar-refractivity contribution in [1.29, 1.82) is 0 Å². The van der Waals surface area contributed by atoms with Gasteiger partial charge in [-0.15, -0.1) is 0 Å². The molecule has 1 aliphatic rings. The van der Waals surface area contributed by atoms with E-state index in [2.05, 4.69) is 15.7 Å². The molecule has 1 saturated heterocycles. The molecule has 93 valence electrons. The fraction of sp³-hybridized carbons (Fsp3) is 0.500. The molecule has 1 N–H and O–H groups in total. The lowest BCUT2D eigenvalue weighted by molar-refractivity contribution is 0.344. The van der Waals surface area contributed by atoms with Gasteiger partial charge in [-0.1, -0.05) is 12.1 Å². The van der Waals surface area contributed by atoms with Crippen molar-refractivity contribution in [2.45, 2.75) is 17.7 Å². The van der Waals surface area contributed by atoms with Gasteiger partial charge in [-0.05, 0) is 44.1 Å². The second-order valence-corrected chi connectivity index (χ2v) is 5.95. The molecule has 0 saturated carbocycles. The third-order valence-corrected chi connectivity index (χ3v) is 4.37. The topological polar surface area (TPSA) is 49.4 Å². The second kappa shape index (κ2) is 5.62. The molecule has 1 radical (unpaired) electrons. The highest BCUT2D eigenvalue weighted by Gasteiger charge is 2.15. The average Bonchev–Trinajstić information content (AvgIpc) is 2.83. The Morgan fingerprint density at radius 3 is 2.76 bits per heavy atom. The minimum Gasteiger partial charge on any atom is -0.302 e. The Morgan fingerprint density at radius 2 is 2.12 bits per heavy atom. The summed E-state index contributed by atoms with van der Waals surface area (Å²) in [6.45, 7) is 3.43. The van der Waals surface area contributed by atoms with Crippen LogP contribution in [-0.2, 0) is 10.0 Å². The molecule has 0 bridgehead atoms. The summed E-state index contributed by atoms with van der Waals surface area (Å²) in [5.74, 6) is 0. The molecular formula is C12H17N2O2S. The maximum atomic E-state index is 11.9. The second-order valence-electron chi connectivity index (χ2n) is 4.19. The maximum Gasteiger partial charge on any atom is 0.240 e. The van der Waals surface area contributed by atoms with Gasteiger partial charge in [0.15, 0.2) is 0 Å². The van der Waals surface area contributed by atoms with Crippen molar-refractivity contribution in [3.05, 3.63) is 30.3 Å². The molecule has 1 aromatic rings. The van der Waals surface area contributed by atoms with Crippen LogP contribution in [0.25, 0.3) is 0 Å². The minimum absolute atomic E-state index is 0.279. The number of rotatable bonds is 5. The van der Waals surface area contributed by atoms with Crippen LogP contribution in [-0.4, -0.2) is 39.5 Å². The Labute approximate surface area is 103 Å². The summed E-state index contributed by atoms with van der Waals surface area (Å²) in [5.41, 5.74) is 0. The molecule has 0 aliphatic carbocycles. The molecule has 1 aromatic carbocycles. The van der Waals surface area contributed by atoms with Crippen LogP contribution in [0.2, 0.25) is 0 Å². The van der Waals surface area contributed by atoms with Crippen LogP contribution in [0.3, 0.4) is 0 Å². The number of hydrogen-bond donors (Lipinski definition) is 1. The van der Waals surface area contributed by atoms with Gasteiger partial charge in [0, 0.05) is 13.1 Å². The van der Waals surface area contributed by atoms with Crippen molar-refractivity contribution in [3.8, 4) is 0 Å². The maximum absolute atomic E-state index is 11.9. The summed E-state index contributed by atoms with van der Waals surface area (Å²) in [4.78, 5) is 2.56. The fourth-order valence-corrected chi connectivity index (χ4v) is 2.98. The smallest absolute Gasteiger partial charge is 0.240 e. The standard InChI is InChI=1S/C12H17N2O2S/c15-17(16,12-6-2-1-3-7-12)13-8-11-14-9-4-5-10-14/h1-2,6-7,13H,4-5,8-11H2. The van der Waals surface area contributed by atoms with Crippen molar-refractivity contribution in [1.82, 2.24) is 9.62 Å². The van der Waals surface area contributed by atoms with Crippen LogP contribution in [0.5, 0.6) is 0 Å². The first-order chi connectivity index (χ1) is 8.18. The van der Waals surface area contributed by atoms with Gasteiger partial charge in [0.05, 0.1) is 4.90 Å². The zero-order valence-corrected chi connectivity index (χ0v) is 10.5. The predicted octanol–water partition coefficient (Wildman–Crippen LogP) is 0.861. The Kier molecular flexibility index (Phi) is 4.15. The molecule has 0 atom stereocenters. The lowest BCUT2D eigenvalue weighted by atomic mass is 10.4. The van der Waals surface area contributed by atoms with Gasteiger partial charge < -0.3 is 4.90 Å². The van der Waals surface area contributed by atoms with E-state index < -0.39 is 10.0 Å². The van der Waals surface area contributed by atoms with E-state index in [0.717, 1.165) is 19.6 Å². The molecule has 1 aliphatic heterocycles. The number of likely N-dealkylation sites (tertiary alicyclic amines) is 1. The number of nitrogens with one attached hydrogen (secondary N) is 1. The quantitative estimate of drug-likeness (QED) is 0.847. The summed E-state index contributed by atoms with van der Waals surface area (Å²) >= 11 is 0. The predicted molar refractivity (Wildman–Crippen MR) is 66.1 cm³/mol. The van der Waals surface area contributed by atoms with Gasteiger partial charge >= 0.3 is 0 Å². The molecule has 5 heteroatoms. The SMILES string of the molecule is O=S(=O)(NCCN1CCCC1)c1c[c]ccc1. The van der Waals surface area contributed by atoms with Crippen molar-refractivity contribution in [3.63, 3.8) is 0 Å². The van der Waals surface area contributed by atoms with Crippen molar-refractivity contribution in [2.75, 3.05) is 26.2 Å². The van der Waals surface area contributed by atoms with Crippen molar-refractivity contribution < 1.29 is 8.42 Å². The van der Waals surface area contributed by atoms with E-state index in [0.29, 0.717) is 6.54 Å². The molecule has 4 nitrogen and oxygen atoms in total. The normalized spacial score (nSPS) is 17.4. The summed E-state index contributed by atoms with van der Waals surface area (Å²) in [5, 5.41) is 0. The Hall–Kier alpha value is -0.910. The Morgan fingerprint density at radius 1 is 1.35 bits per heavy atom. The lowest BCUT2D eigenvalue weighted by Gasteiger charge is -2.14. The monoisotopic (exact) mass is 253 g/mol. The van der Waals surface area contributed by atoms with E-state index in [1.807, 2.05) is 0 Å². The van der Waals surface area contributed by atoms with Gasteiger partial charge in [0.25, 0.3) is 0 Å². The molecular weight excluding hydrogens is 236 g/mol. The summed E-state index contributed by atoms with van der Waals surface area (Å²) < 4.78 is 26.3. The Bertz CT molecular complexity index is 439. The Balaban J connectivity index is 1.85. The van der Waals surface area contributed by atoms with E-state index in [4.69, 9.17) is 0 Å². The van der Waals surface area contributed by atoms with Gasteiger partial charge in [-0.25, -0.2) is 13.1 Å². The summed E-state index contributed by atoms with van der Waals surface area (Å²) in [6, 6.07) is 9.19. The highest BCUT2D eigenvalue weighted by Crippen LogP contribution is 2.08. The van der Waals surface area contributed by atoms with Crippen LogP contribution in [0.15, 0.2) is 29.2 Å². The highest BCUT2D eigenvalue weighted by molar-refractivity contribution is 7.89. The molecule has 0 aromatic heterocycles. The first kappa shape index (κ1) is 12.5. The first-order valence-electron chi connectivity index (χ1n) is 5.87. The summed E-state index contributed by atoms with van der Waals surface area (Å²) in [6.07, 6.45) is 2.45. The van der Waals surface area contributed by atoms with Crippen molar-refractivity contribution in [2.24, 2.45) is 0 Å². The number of nitrogens with zero attached hydrogens (tertiary/aromatic N) is 1. The van der Waals surface area contributed by atoms with Crippen LogP contribution in [0.1, 0.15) is 12.8 Å². The van der Waals surface area contributed by atoms with Crippen LogP contribution >= 0.6 is 0 Å². The van der Waals surface area contributed by atoms with E-state index in [-0.39, 0.29) is 4.90 Å². The van der Waals surface area contributed by atoms with Gasteiger partial charge in [0.2, 0.25) is 10.0 Å². The number of hydrogen-bond acceptors (Lipinski definition) is 3.